The number of carbonyl (C=O) groups excluding carboxylic acids is 1. The van der Waals surface area contributed by atoms with Crippen LogP contribution in [0.4, 0.5) is 0 Å². The maximum atomic E-state index is 11.9. The molecule has 90 valence electrons. The van der Waals surface area contributed by atoms with Gasteiger partial charge in [0, 0.05) is 5.69 Å². The summed E-state index contributed by atoms with van der Waals surface area (Å²) in [5.74, 6) is 0.332. The molecule has 0 saturated heterocycles. The number of carbonyl (C=O) groups is 1. The van der Waals surface area contributed by atoms with Crippen molar-refractivity contribution in [1.29, 1.82) is 0 Å². The minimum Gasteiger partial charge on any atom is -0.461 e. The number of aryl methyl sites for hydroxylation is 1. The van der Waals surface area contributed by atoms with E-state index in [1.54, 1.807) is 16.8 Å². The molecule has 0 aliphatic rings. The molecule has 0 atom stereocenters. The third-order valence-corrected chi connectivity index (χ3v) is 2.97. The third kappa shape index (κ3) is 2.16. The van der Waals surface area contributed by atoms with Crippen molar-refractivity contribution in [3.8, 4) is 0 Å². The highest BCUT2D eigenvalue weighted by atomic mass is 16.3. The minimum atomic E-state index is -0.0525. The van der Waals surface area contributed by atoms with Crippen LogP contribution < -0.4 is 0 Å². The highest BCUT2D eigenvalue weighted by Gasteiger charge is 2.14. The molecular formula is C13H16N2O2. The van der Waals surface area contributed by atoms with Gasteiger partial charge >= 0.3 is 0 Å². The standard InChI is InChI=1S/C13H16N2O2/c1-4-11-9(2)14-15(10(11)3)8-12(16)13-6-5-7-17-13/h5-7H,4,8H2,1-3H3. The molecule has 2 aromatic rings. The zero-order chi connectivity index (χ0) is 12.4. The molecule has 0 spiro atoms. The van der Waals surface area contributed by atoms with E-state index in [4.69, 9.17) is 4.42 Å². The fraction of sp³-hybridized carbons (Fsp3) is 0.385. The molecule has 2 rings (SSSR count). The first-order chi connectivity index (χ1) is 8.13. The van der Waals surface area contributed by atoms with E-state index in [1.165, 1.54) is 11.8 Å². The summed E-state index contributed by atoms with van der Waals surface area (Å²) in [4.78, 5) is 11.9. The van der Waals surface area contributed by atoms with Crippen LogP contribution in [-0.4, -0.2) is 15.6 Å². The molecule has 0 amide bonds. The number of hydrogen-bond acceptors (Lipinski definition) is 3. The smallest absolute Gasteiger partial charge is 0.219 e. The number of Topliss-reactive ketones (excluding diaryl/α,β-unsaturated/α-hetero) is 1. The van der Waals surface area contributed by atoms with Gasteiger partial charge in [0.25, 0.3) is 0 Å². The van der Waals surface area contributed by atoms with Gasteiger partial charge in [-0.25, -0.2) is 0 Å². The van der Waals surface area contributed by atoms with Gasteiger partial charge in [0.15, 0.2) is 5.76 Å². The van der Waals surface area contributed by atoms with Gasteiger partial charge in [-0.2, -0.15) is 5.10 Å². The molecule has 17 heavy (non-hydrogen) atoms. The Morgan fingerprint density at radius 3 is 2.76 bits per heavy atom. The number of furan rings is 1. The molecule has 0 aliphatic carbocycles. The SMILES string of the molecule is CCc1c(C)nn(CC(=O)c2ccco2)c1C. The number of rotatable bonds is 4. The molecule has 0 fully saturated rings. The van der Waals surface area contributed by atoms with Gasteiger partial charge in [-0.15, -0.1) is 0 Å². The van der Waals surface area contributed by atoms with E-state index >= 15 is 0 Å². The molecule has 0 aliphatic heterocycles. The zero-order valence-electron chi connectivity index (χ0n) is 10.4. The Bertz CT molecular complexity index is 524. The Kier molecular flexibility index (Phi) is 3.13. The summed E-state index contributed by atoms with van der Waals surface area (Å²) in [6, 6.07) is 3.39. The molecule has 0 unspecified atom stereocenters. The minimum absolute atomic E-state index is 0.0525. The second-order valence-electron chi connectivity index (χ2n) is 4.06. The molecule has 0 N–H and O–H groups in total. The summed E-state index contributed by atoms with van der Waals surface area (Å²) < 4.78 is 6.83. The lowest BCUT2D eigenvalue weighted by Crippen LogP contribution is -2.12. The maximum absolute atomic E-state index is 11.9. The van der Waals surface area contributed by atoms with Crippen LogP contribution >= 0.6 is 0 Å². The first kappa shape index (κ1) is 11.6. The molecule has 0 saturated carbocycles. The van der Waals surface area contributed by atoms with E-state index in [1.807, 2.05) is 13.8 Å². The first-order valence-electron chi connectivity index (χ1n) is 5.73. The Hall–Kier alpha value is -1.84. The van der Waals surface area contributed by atoms with Crippen LogP contribution in [0.1, 0.15) is 34.4 Å². The fourth-order valence-electron chi connectivity index (χ4n) is 2.05. The summed E-state index contributed by atoms with van der Waals surface area (Å²) >= 11 is 0. The molecule has 4 nitrogen and oxygen atoms in total. The third-order valence-electron chi connectivity index (χ3n) is 2.97. The van der Waals surface area contributed by atoms with Crippen molar-refractivity contribution in [3.05, 3.63) is 41.1 Å². The van der Waals surface area contributed by atoms with Crippen LogP contribution in [0.5, 0.6) is 0 Å². The Morgan fingerprint density at radius 1 is 1.47 bits per heavy atom. The summed E-state index contributed by atoms with van der Waals surface area (Å²) in [5, 5.41) is 4.39. The molecule has 0 aromatic carbocycles. The van der Waals surface area contributed by atoms with Crippen LogP contribution in [0.15, 0.2) is 22.8 Å². The number of nitrogens with zero attached hydrogens (tertiary/aromatic N) is 2. The van der Waals surface area contributed by atoms with Crippen LogP contribution in [0.3, 0.4) is 0 Å². The topological polar surface area (TPSA) is 48.0 Å². The van der Waals surface area contributed by atoms with Crippen LogP contribution in [0.2, 0.25) is 0 Å². The van der Waals surface area contributed by atoms with Crippen LogP contribution in [0, 0.1) is 13.8 Å². The van der Waals surface area contributed by atoms with Gasteiger partial charge in [0.2, 0.25) is 5.78 Å². The average Bonchev–Trinajstić information content (AvgIpc) is 2.89. The quantitative estimate of drug-likeness (QED) is 0.761. The van der Waals surface area contributed by atoms with Crippen molar-refractivity contribution in [3.63, 3.8) is 0 Å². The molecule has 4 heteroatoms. The van der Waals surface area contributed by atoms with E-state index in [0.717, 1.165) is 17.8 Å². The lowest BCUT2D eigenvalue weighted by molar-refractivity contribution is 0.0939. The van der Waals surface area contributed by atoms with Gasteiger partial charge < -0.3 is 4.42 Å². The molecular weight excluding hydrogens is 216 g/mol. The molecule has 2 aromatic heterocycles. The highest BCUT2D eigenvalue weighted by Crippen LogP contribution is 2.14. The number of ketones is 1. The van der Waals surface area contributed by atoms with E-state index in [-0.39, 0.29) is 12.3 Å². The lowest BCUT2D eigenvalue weighted by atomic mass is 10.1. The monoisotopic (exact) mass is 232 g/mol. The predicted octanol–water partition coefficient (Wildman–Crippen LogP) is 2.54. The Balaban J connectivity index is 2.22. The molecule has 0 bridgehead atoms. The number of aromatic nitrogens is 2. The van der Waals surface area contributed by atoms with Gasteiger partial charge in [0.1, 0.15) is 6.54 Å². The second kappa shape index (κ2) is 4.57. The van der Waals surface area contributed by atoms with Crippen molar-refractivity contribution >= 4 is 5.78 Å². The normalized spacial score (nSPS) is 10.8. The lowest BCUT2D eigenvalue weighted by Gasteiger charge is -2.02. The Morgan fingerprint density at radius 2 is 2.24 bits per heavy atom. The second-order valence-corrected chi connectivity index (χ2v) is 4.06. The van der Waals surface area contributed by atoms with Crippen molar-refractivity contribution in [2.45, 2.75) is 33.7 Å². The van der Waals surface area contributed by atoms with E-state index in [9.17, 15) is 4.79 Å². The van der Waals surface area contributed by atoms with Crippen molar-refractivity contribution < 1.29 is 9.21 Å². The van der Waals surface area contributed by atoms with Gasteiger partial charge in [-0.1, -0.05) is 6.92 Å². The van der Waals surface area contributed by atoms with Crippen LogP contribution in [-0.2, 0) is 13.0 Å². The van der Waals surface area contributed by atoms with E-state index in [2.05, 4.69) is 12.0 Å². The summed E-state index contributed by atoms with van der Waals surface area (Å²) in [6.45, 7) is 6.30. The fourth-order valence-corrected chi connectivity index (χ4v) is 2.05. The van der Waals surface area contributed by atoms with Crippen molar-refractivity contribution in [2.24, 2.45) is 0 Å². The average molecular weight is 232 g/mol. The highest BCUT2D eigenvalue weighted by molar-refractivity contribution is 5.93. The van der Waals surface area contributed by atoms with Crippen molar-refractivity contribution in [1.82, 2.24) is 9.78 Å². The van der Waals surface area contributed by atoms with Gasteiger partial charge in [-0.3, -0.25) is 9.48 Å². The largest absolute Gasteiger partial charge is 0.461 e. The molecule has 2 heterocycles. The van der Waals surface area contributed by atoms with Gasteiger partial charge in [0.05, 0.1) is 12.0 Å². The zero-order valence-corrected chi connectivity index (χ0v) is 10.4. The molecule has 0 radical (unpaired) electrons. The van der Waals surface area contributed by atoms with Crippen LogP contribution in [0.25, 0.3) is 0 Å². The summed E-state index contributed by atoms with van der Waals surface area (Å²) in [5.41, 5.74) is 3.28. The van der Waals surface area contributed by atoms with E-state index < -0.39 is 0 Å². The summed E-state index contributed by atoms with van der Waals surface area (Å²) in [7, 11) is 0. The number of hydrogen-bond donors (Lipinski definition) is 0. The van der Waals surface area contributed by atoms with Crippen molar-refractivity contribution in [2.75, 3.05) is 0 Å². The first-order valence-corrected chi connectivity index (χ1v) is 5.73. The van der Waals surface area contributed by atoms with Gasteiger partial charge in [-0.05, 0) is 38.0 Å². The summed E-state index contributed by atoms with van der Waals surface area (Å²) in [6.07, 6.45) is 2.44. The predicted molar refractivity (Wildman–Crippen MR) is 64.1 cm³/mol. The van der Waals surface area contributed by atoms with E-state index in [0.29, 0.717) is 5.76 Å². The Labute approximate surface area is 100 Å². The maximum Gasteiger partial charge on any atom is 0.219 e.